The predicted molar refractivity (Wildman–Crippen MR) is 118 cm³/mol. The topological polar surface area (TPSA) is 34.1 Å². The predicted octanol–water partition coefficient (Wildman–Crippen LogP) is 7.43. The van der Waals surface area contributed by atoms with Crippen LogP contribution in [0.5, 0.6) is 0 Å². The maximum Gasteiger partial charge on any atom is 0.190 e. The van der Waals surface area contributed by atoms with E-state index in [1.54, 1.807) is 12.1 Å². The largest absolute Gasteiger partial charge is 0.289 e. The number of Topliss-reactive ketones (excluding diaryl/α,β-unsaturated/α-hetero) is 2. The number of ketones is 2. The quantitative estimate of drug-likeness (QED) is 0.399. The minimum atomic E-state index is 0.0214. The van der Waals surface area contributed by atoms with Crippen LogP contribution in [0.25, 0.3) is 0 Å². The zero-order chi connectivity index (χ0) is 20.7. The molecule has 0 radical (unpaired) electrons. The molecule has 2 heteroatoms. The molecule has 2 rings (SSSR count). The summed E-state index contributed by atoms with van der Waals surface area (Å²) in [6.07, 6.45) is 9.50. The molecule has 1 aromatic rings. The van der Waals surface area contributed by atoms with Crippen LogP contribution in [-0.4, -0.2) is 11.6 Å². The van der Waals surface area contributed by atoms with Crippen LogP contribution in [-0.2, 0) is 0 Å². The molecule has 0 N–H and O–H groups in total. The summed E-state index contributed by atoms with van der Waals surface area (Å²) in [4.78, 5) is 25.4. The molecule has 1 aliphatic carbocycles. The molecular formula is C26H38O2. The van der Waals surface area contributed by atoms with Crippen LogP contribution in [0.2, 0.25) is 0 Å². The van der Waals surface area contributed by atoms with Gasteiger partial charge < -0.3 is 0 Å². The first kappa shape index (κ1) is 22.6. The third-order valence-electron chi connectivity index (χ3n) is 6.24. The molecule has 0 aliphatic heterocycles. The number of benzene rings is 1. The van der Waals surface area contributed by atoms with Crippen molar-refractivity contribution in [2.45, 2.75) is 86.0 Å². The zero-order valence-corrected chi connectivity index (χ0v) is 18.5. The summed E-state index contributed by atoms with van der Waals surface area (Å²) in [5, 5.41) is 0. The van der Waals surface area contributed by atoms with Crippen LogP contribution in [0.4, 0.5) is 0 Å². The Morgan fingerprint density at radius 2 is 1.21 bits per heavy atom. The van der Waals surface area contributed by atoms with E-state index in [0.29, 0.717) is 22.6 Å². The Labute approximate surface area is 171 Å². The number of hydrogen-bond acceptors (Lipinski definition) is 2. The average Bonchev–Trinajstić information content (AvgIpc) is 2.66. The van der Waals surface area contributed by atoms with Crippen LogP contribution in [0, 0.1) is 17.8 Å². The highest BCUT2D eigenvalue weighted by molar-refractivity contribution is 6.26. The fourth-order valence-electron chi connectivity index (χ4n) is 4.22. The smallest absolute Gasteiger partial charge is 0.190 e. The SMILES string of the molecule is CC1=C(CCC(C)CCCC(C)CCCC(C)C)C(=O)c2ccccc2C1=O. The van der Waals surface area contributed by atoms with Crippen molar-refractivity contribution in [2.75, 3.05) is 0 Å². The molecule has 0 aromatic heterocycles. The molecule has 0 amide bonds. The first-order valence-electron chi connectivity index (χ1n) is 11.2. The second-order valence-corrected chi connectivity index (χ2v) is 9.31. The Morgan fingerprint density at radius 1 is 0.714 bits per heavy atom. The van der Waals surface area contributed by atoms with E-state index in [0.717, 1.165) is 30.3 Å². The van der Waals surface area contributed by atoms with Crippen molar-refractivity contribution in [3.8, 4) is 0 Å². The van der Waals surface area contributed by atoms with Crippen molar-refractivity contribution in [3.05, 3.63) is 46.5 Å². The molecule has 2 atom stereocenters. The van der Waals surface area contributed by atoms with Gasteiger partial charge in [-0.05, 0) is 37.5 Å². The third kappa shape index (κ3) is 6.15. The number of rotatable bonds is 11. The highest BCUT2D eigenvalue weighted by Crippen LogP contribution is 2.30. The van der Waals surface area contributed by atoms with Crippen molar-refractivity contribution in [2.24, 2.45) is 17.8 Å². The average molecular weight is 383 g/mol. The van der Waals surface area contributed by atoms with E-state index in [1.807, 2.05) is 19.1 Å². The summed E-state index contributed by atoms with van der Waals surface area (Å²) in [7, 11) is 0. The summed E-state index contributed by atoms with van der Waals surface area (Å²) >= 11 is 0. The van der Waals surface area contributed by atoms with Gasteiger partial charge in [0.05, 0.1) is 0 Å². The summed E-state index contributed by atoms with van der Waals surface area (Å²) in [5.41, 5.74) is 2.52. The van der Waals surface area contributed by atoms with Crippen LogP contribution in [0.1, 0.15) is 107 Å². The van der Waals surface area contributed by atoms with Crippen molar-refractivity contribution >= 4 is 11.6 Å². The Morgan fingerprint density at radius 3 is 1.79 bits per heavy atom. The fourth-order valence-corrected chi connectivity index (χ4v) is 4.22. The fraction of sp³-hybridized carbons (Fsp3) is 0.615. The van der Waals surface area contributed by atoms with Gasteiger partial charge in [-0.1, -0.05) is 90.5 Å². The van der Waals surface area contributed by atoms with Crippen molar-refractivity contribution < 1.29 is 9.59 Å². The summed E-state index contributed by atoms with van der Waals surface area (Å²) < 4.78 is 0. The van der Waals surface area contributed by atoms with E-state index >= 15 is 0 Å². The molecule has 1 aromatic carbocycles. The molecule has 154 valence electrons. The van der Waals surface area contributed by atoms with Crippen LogP contribution < -0.4 is 0 Å². The molecule has 0 fully saturated rings. The number of carbonyl (C=O) groups excluding carboxylic acids is 2. The highest BCUT2D eigenvalue weighted by atomic mass is 16.1. The maximum atomic E-state index is 12.8. The van der Waals surface area contributed by atoms with E-state index in [1.165, 1.54) is 38.5 Å². The monoisotopic (exact) mass is 382 g/mol. The lowest BCUT2D eigenvalue weighted by Crippen LogP contribution is -2.21. The normalized spacial score (nSPS) is 16.5. The van der Waals surface area contributed by atoms with Crippen LogP contribution in [0.3, 0.4) is 0 Å². The summed E-state index contributed by atoms with van der Waals surface area (Å²) in [6.45, 7) is 11.1. The number of allylic oxidation sites excluding steroid dienone is 2. The Balaban J connectivity index is 1.78. The molecule has 1 aliphatic rings. The minimum Gasteiger partial charge on any atom is -0.289 e. The van der Waals surface area contributed by atoms with E-state index in [-0.39, 0.29) is 11.6 Å². The number of fused-ring (bicyclic) bond motifs is 1. The molecule has 0 saturated carbocycles. The molecular weight excluding hydrogens is 344 g/mol. The second-order valence-electron chi connectivity index (χ2n) is 9.31. The summed E-state index contributed by atoms with van der Waals surface area (Å²) in [5.74, 6) is 2.28. The molecule has 0 heterocycles. The lowest BCUT2D eigenvalue weighted by atomic mass is 9.81. The Kier molecular flexibility index (Phi) is 8.66. The third-order valence-corrected chi connectivity index (χ3v) is 6.24. The van der Waals surface area contributed by atoms with Crippen molar-refractivity contribution in [3.63, 3.8) is 0 Å². The van der Waals surface area contributed by atoms with Gasteiger partial charge in [0.15, 0.2) is 11.6 Å². The van der Waals surface area contributed by atoms with Gasteiger partial charge >= 0.3 is 0 Å². The number of hydrogen-bond donors (Lipinski definition) is 0. The Hall–Kier alpha value is -1.70. The van der Waals surface area contributed by atoms with Gasteiger partial charge in [0, 0.05) is 22.3 Å². The molecule has 0 saturated heterocycles. The van der Waals surface area contributed by atoms with Gasteiger partial charge in [-0.3, -0.25) is 9.59 Å². The minimum absolute atomic E-state index is 0.0214. The van der Waals surface area contributed by atoms with Crippen LogP contribution >= 0.6 is 0 Å². The zero-order valence-electron chi connectivity index (χ0n) is 18.5. The van der Waals surface area contributed by atoms with Crippen molar-refractivity contribution in [1.29, 1.82) is 0 Å². The van der Waals surface area contributed by atoms with E-state index < -0.39 is 0 Å². The first-order chi connectivity index (χ1) is 13.3. The van der Waals surface area contributed by atoms with Gasteiger partial charge in [0.1, 0.15) is 0 Å². The molecule has 0 bridgehead atoms. The highest BCUT2D eigenvalue weighted by Gasteiger charge is 2.29. The van der Waals surface area contributed by atoms with Gasteiger partial charge in [-0.2, -0.15) is 0 Å². The van der Waals surface area contributed by atoms with Gasteiger partial charge in [-0.25, -0.2) is 0 Å². The maximum absolute atomic E-state index is 12.8. The first-order valence-corrected chi connectivity index (χ1v) is 11.2. The second kappa shape index (κ2) is 10.7. The molecule has 28 heavy (non-hydrogen) atoms. The Bertz CT molecular complexity index is 711. The lowest BCUT2D eigenvalue weighted by molar-refractivity contribution is 0.0971. The van der Waals surface area contributed by atoms with E-state index in [9.17, 15) is 9.59 Å². The van der Waals surface area contributed by atoms with E-state index in [2.05, 4.69) is 27.7 Å². The van der Waals surface area contributed by atoms with Crippen molar-refractivity contribution in [1.82, 2.24) is 0 Å². The number of carbonyl (C=O) groups is 2. The lowest BCUT2D eigenvalue weighted by Gasteiger charge is -2.20. The molecule has 2 unspecified atom stereocenters. The molecule has 0 spiro atoms. The molecule has 2 nitrogen and oxygen atoms in total. The van der Waals surface area contributed by atoms with Gasteiger partial charge in [0.2, 0.25) is 0 Å². The standard InChI is InChI=1S/C26H38O2/c1-18(2)10-8-11-19(3)12-9-13-20(4)16-17-22-21(5)25(27)23-14-6-7-15-24(23)26(22)28/h6-7,14-15,18-20H,8-13,16-17H2,1-5H3. The van der Waals surface area contributed by atoms with E-state index in [4.69, 9.17) is 0 Å². The van der Waals surface area contributed by atoms with Crippen LogP contribution in [0.15, 0.2) is 35.4 Å². The van der Waals surface area contributed by atoms with Gasteiger partial charge in [-0.15, -0.1) is 0 Å². The summed E-state index contributed by atoms with van der Waals surface area (Å²) in [6, 6.07) is 7.22. The van der Waals surface area contributed by atoms with Gasteiger partial charge in [0.25, 0.3) is 0 Å².